The zero-order chi connectivity index (χ0) is 31.6. The Morgan fingerprint density at radius 3 is 1.56 bits per heavy atom. The number of carbonyl (C=O) groups excluding carboxylic acids is 4. The maximum absolute atomic E-state index is 13.2. The van der Waals surface area contributed by atoms with Crippen molar-refractivity contribution < 1.29 is 47.6 Å². The van der Waals surface area contributed by atoms with E-state index in [1.54, 1.807) is 83.1 Å². The van der Waals surface area contributed by atoms with Crippen LogP contribution < -0.4 is 4.74 Å². The van der Waals surface area contributed by atoms with Crippen molar-refractivity contribution in [3.05, 3.63) is 12.3 Å². The van der Waals surface area contributed by atoms with E-state index >= 15 is 0 Å². The lowest BCUT2D eigenvalue weighted by molar-refractivity contribution is -0.294. The molecule has 0 bridgehead atoms. The fourth-order valence-corrected chi connectivity index (χ4v) is 3.22. The van der Waals surface area contributed by atoms with Gasteiger partial charge in [-0.1, -0.05) is 0 Å². The summed E-state index contributed by atoms with van der Waals surface area (Å²) in [5, 5.41) is 6.51. The molecule has 1 saturated heterocycles. The molecule has 0 amide bonds. The SMILES string of the molecule is CC(C)(C)C(=O)OC[C@H]1OC(Oc2ccn[nH]2)[C@H](OC(=O)C(C)(C)C)[C@@H](OC(=O)C(C)(C)C)[C@@H]1OC(=O)C(C)(C)C. The fraction of sp³-hybridized carbons (Fsp3) is 0.759. The van der Waals surface area contributed by atoms with Gasteiger partial charge in [-0.2, -0.15) is 5.10 Å². The van der Waals surface area contributed by atoms with Gasteiger partial charge in [0.05, 0.1) is 27.9 Å². The van der Waals surface area contributed by atoms with Gasteiger partial charge in [0.15, 0.2) is 12.2 Å². The van der Waals surface area contributed by atoms with Gasteiger partial charge in [0.2, 0.25) is 18.3 Å². The molecule has 5 atom stereocenters. The standard InChI is InChI=1S/C29H46N2O10/c1-26(2,3)22(32)36-15-16-18(39-23(33)27(4,5)6)19(40-24(34)28(7,8)9)20(41-25(35)29(10,11)12)21(37-16)38-17-13-14-30-31-17/h13-14,16,18-21H,15H2,1-12H3,(H,30,31)/t16-,18-,19+,20-,21?/m1/s1. The summed E-state index contributed by atoms with van der Waals surface area (Å²) in [5.41, 5.74) is -3.70. The highest BCUT2D eigenvalue weighted by atomic mass is 16.7. The largest absolute Gasteiger partial charge is 0.462 e. The second-order valence-electron chi connectivity index (χ2n) is 14.3. The van der Waals surface area contributed by atoms with Crippen molar-refractivity contribution in [2.45, 2.75) is 114 Å². The van der Waals surface area contributed by atoms with E-state index in [1.165, 1.54) is 12.3 Å². The molecule has 1 fully saturated rings. The summed E-state index contributed by atoms with van der Waals surface area (Å²) in [6.07, 6.45) is -5.20. The zero-order valence-corrected chi connectivity index (χ0v) is 26.3. The average molecular weight is 583 g/mol. The number of aromatic amines is 1. The highest BCUT2D eigenvalue weighted by molar-refractivity contribution is 5.78. The topological polar surface area (TPSA) is 152 Å². The Morgan fingerprint density at radius 1 is 0.707 bits per heavy atom. The molecular weight excluding hydrogens is 536 g/mol. The Morgan fingerprint density at radius 2 is 1.15 bits per heavy atom. The quantitative estimate of drug-likeness (QED) is 0.367. The van der Waals surface area contributed by atoms with Crippen LogP contribution in [0.25, 0.3) is 0 Å². The fourth-order valence-electron chi connectivity index (χ4n) is 3.22. The number of rotatable bonds is 7. The number of nitrogens with zero attached hydrogens (tertiary/aromatic N) is 1. The molecule has 2 rings (SSSR count). The van der Waals surface area contributed by atoms with E-state index in [-0.39, 0.29) is 12.5 Å². The molecule has 0 aromatic carbocycles. The van der Waals surface area contributed by atoms with Crippen molar-refractivity contribution in [1.82, 2.24) is 10.2 Å². The number of hydrogen-bond donors (Lipinski definition) is 1. The minimum absolute atomic E-state index is 0.170. The lowest BCUT2D eigenvalue weighted by atomic mass is 9.93. The second kappa shape index (κ2) is 12.4. The van der Waals surface area contributed by atoms with Gasteiger partial charge >= 0.3 is 23.9 Å². The van der Waals surface area contributed by atoms with Gasteiger partial charge in [-0.3, -0.25) is 19.2 Å². The highest BCUT2D eigenvalue weighted by Gasteiger charge is 2.55. The first-order valence-corrected chi connectivity index (χ1v) is 13.6. The van der Waals surface area contributed by atoms with Crippen molar-refractivity contribution in [1.29, 1.82) is 0 Å². The monoisotopic (exact) mass is 582 g/mol. The molecule has 0 radical (unpaired) electrons. The number of nitrogens with one attached hydrogen (secondary N) is 1. The van der Waals surface area contributed by atoms with Crippen LogP contribution in [0.3, 0.4) is 0 Å². The van der Waals surface area contributed by atoms with Crippen LogP contribution in [0.15, 0.2) is 12.3 Å². The van der Waals surface area contributed by atoms with E-state index < -0.39 is 76.2 Å². The molecule has 41 heavy (non-hydrogen) atoms. The third-order valence-corrected chi connectivity index (χ3v) is 5.87. The maximum Gasteiger partial charge on any atom is 0.311 e. The molecule has 2 heterocycles. The molecule has 0 saturated carbocycles. The van der Waals surface area contributed by atoms with Crippen molar-refractivity contribution in [2.75, 3.05) is 6.61 Å². The third-order valence-electron chi connectivity index (χ3n) is 5.87. The summed E-state index contributed by atoms with van der Waals surface area (Å²) in [4.78, 5) is 52.2. The normalized spacial score (nSPS) is 23.8. The van der Waals surface area contributed by atoms with E-state index in [0.717, 1.165) is 0 Å². The maximum atomic E-state index is 13.2. The first-order chi connectivity index (χ1) is 18.5. The van der Waals surface area contributed by atoms with E-state index in [9.17, 15) is 19.2 Å². The molecule has 12 heteroatoms. The summed E-state index contributed by atoms with van der Waals surface area (Å²) in [5.74, 6) is -2.28. The molecular formula is C29H46N2O10. The Kier molecular flexibility index (Phi) is 10.3. The molecule has 1 aromatic heterocycles. The number of hydrogen-bond acceptors (Lipinski definition) is 11. The van der Waals surface area contributed by atoms with Crippen molar-refractivity contribution >= 4 is 23.9 Å². The van der Waals surface area contributed by atoms with E-state index in [4.69, 9.17) is 28.4 Å². The smallest absolute Gasteiger partial charge is 0.311 e. The summed E-state index contributed by atoms with van der Waals surface area (Å²) in [6.45, 7) is 19.6. The highest BCUT2D eigenvalue weighted by Crippen LogP contribution is 2.34. The zero-order valence-electron chi connectivity index (χ0n) is 26.3. The van der Waals surface area contributed by atoms with Crippen molar-refractivity contribution in [2.24, 2.45) is 21.7 Å². The molecule has 1 aliphatic rings. The van der Waals surface area contributed by atoms with Gasteiger partial charge < -0.3 is 28.4 Å². The van der Waals surface area contributed by atoms with Gasteiger partial charge in [0.1, 0.15) is 12.7 Å². The van der Waals surface area contributed by atoms with Gasteiger partial charge in [-0.15, -0.1) is 0 Å². The van der Waals surface area contributed by atoms with Crippen LogP contribution in [-0.2, 0) is 42.9 Å². The minimum atomic E-state index is -1.39. The van der Waals surface area contributed by atoms with Crippen LogP contribution in [0.5, 0.6) is 5.88 Å². The number of esters is 4. The third kappa shape index (κ3) is 9.44. The van der Waals surface area contributed by atoms with Gasteiger partial charge in [0, 0.05) is 6.07 Å². The Labute approximate surface area is 242 Å². The van der Waals surface area contributed by atoms with Crippen molar-refractivity contribution in [3.8, 4) is 5.88 Å². The number of ether oxygens (including phenoxy) is 6. The number of aromatic nitrogens is 2. The van der Waals surface area contributed by atoms with E-state index in [2.05, 4.69) is 10.2 Å². The summed E-state index contributed by atoms with van der Waals surface area (Å²) < 4.78 is 35.4. The van der Waals surface area contributed by atoms with Crippen molar-refractivity contribution in [3.63, 3.8) is 0 Å². The Bertz CT molecular complexity index is 1070. The number of carbonyl (C=O) groups is 4. The molecule has 1 N–H and O–H groups in total. The summed E-state index contributed by atoms with van der Waals surface area (Å²) >= 11 is 0. The van der Waals surface area contributed by atoms with Crippen LogP contribution >= 0.6 is 0 Å². The van der Waals surface area contributed by atoms with Crippen LogP contribution in [0.2, 0.25) is 0 Å². The lowest BCUT2D eigenvalue weighted by Crippen LogP contribution is -2.65. The molecule has 1 aromatic rings. The molecule has 12 nitrogen and oxygen atoms in total. The van der Waals surface area contributed by atoms with Gasteiger partial charge in [0.25, 0.3) is 0 Å². The first kappa shape index (κ1) is 34.1. The minimum Gasteiger partial charge on any atom is -0.462 e. The predicted molar refractivity (Wildman–Crippen MR) is 146 cm³/mol. The summed E-state index contributed by atoms with van der Waals surface area (Å²) in [7, 11) is 0. The summed E-state index contributed by atoms with van der Waals surface area (Å²) in [6, 6.07) is 1.52. The number of H-pyrrole nitrogens is 1. The average Bonchev–Trinajstić information content (AvgIpc) is 3.31. The molecule has 0 spiro atoms. The first-order valence-electron chi connectivity index (χ1n) is 13.6. The molecule has 1 aliphatic heterocycles. The van der Waals surface area contributed by atoms with E-state index in [0.29, 0.717) is 0 Å². The molecule has 0 aliphatic carbocycles. The van der Waals surface area contributed by atoms with Gasteiger partial charge in [-0.05, 0) is 83.1 Å². The predicted octanol–water partition coefficient (Wildman–Crippen LogP) is 3.98. The van der Waals surface area contributed by atoms with Crippen LogP contribution in [0, 0.1) is 21.7 Å². The van der Waals surface area contributed by atoms with Crippen LogP contribution in [0.1, 0.15) is 83.1 Å². The molecule has 1 unspecified atom stereocenters. The Hall–Kier alpha value is -3.15. The lowest BCUT2D eigenvalue weighted by Gasteiger charge is -2.45. The van der Waals surface area contributed by atoms with Gasteiger partial charge in [-0.25, -0.2) is 5.10 Å². The molecule has 232 valence electrons. The van der Waals surface area contributed by atoms with Crippen LogP contribution in [-0.4, -0.2) is 71.4 Å². The van der Waals surface area contributed by atoms with Crippen LogP contribution in [0.4, 0.5) is 0 Å². The second-order valence-corrected chi connectivity index (χ2v) is 14.3. The Balaban J connectivity index is 2.65. The van der Waals surface area contributed by atoms with E-state index in [1.807, 2.05) is 0 Å².